The van der Waals surface area contributed by atoms with Crippen LogP contribution in [0, 0.1) is 6.92 Å². The summed E-state index contributed by atoms with van der Waals surface area (Å²) in [6, 6.07) is 8.19. The van der Waals surface area contributed by atoms with Gasteiger partial charge in [0.1, 0.15) is 0 Å². The van der Waals surface area contributed by atoms with Crippen LogP contribution in [0.3, 0.4) is 0 Å². The summed E-state index contributed by atoms with van der Waals surface area (Å²) in [5.74, 6) is -0.963. The van der Waals surface area contributed by atoms with Crippen LogP contribution in [0.15, 0.2) is 34.9 Å². The molecule has 0 saturated carbocycles. The summed E-state index contributed by atoms with van der Waals surface area (Å²) in [7, 11) is 0. The van der Waals surface area contributed by atoms with Crippen LogP contribution < -0.4 is 4.90 Å². The Balaban J connectivity index is 1.90. The van der Waals surface area contributed by atoms with Crippen molar-refractivity contribution in [3.8, 4) is 0 Å². The van der Waals surface area contributed by atoms with E-state index in [2.05, 4.69) is 30.0 Å². The van der Waals surface area contributed by atoms with Gasteiger partial charge in [0.2, 0.25) is 5.76 Å². The molecule has 0 radical (unpaired) electrons. The third-order valence-electron chi connectivity index (χ3n) is 3.75. The average molecular weight is 271 g/mol. The van der Waals surface area contributed by atoms with Crippen LogP contribution in [-0.4, -0.2) is 17.6 Å². The molecule has 1 aliphatic heterocycles. The molecule has 0 bridgehead atoms. The smallest absolute Gasteiger partial charge is 0.372 e. The molecule has 0 amide bonds. The Labute approximate surface area is 117 Å². The number of hydrogen-bond acceptors (Lipinski definition) is 3. The van der Waals surface area contributed by atoms with Gasteiger partial charge in [-0.1, -0.05) is 17.7 Å². The lowest BCUT2D eigenvalue weighted by molar-refractivity contribution is 0.0661. The van der Waals surface area contributed by atoms with Crippen molar-refractivity contribution in [2.75, 3.05) is 11.4 Å². The van der Waals surface area contributed by atoms with Gasteiger partial charge in [-0.2, -0.15) is 0 Å². The zero-order chi connectivity index (χ0) is 14.1. The molecule has 0 spiro atoms. The van der Waals surface area contributed by atoms with Crippen LogP contribution in [0.1, 0.15) is 33.7 Å². The fraction of sp³-hybridized carbons (Fsp3) is 0.312. The Morgan fingerprint density at radius 2 is 2.25 bits per heavy atom. The zero-order valence-electron chi connectivity index (χ0n) is 11.4. The fourth-order valence-electron chi connectivity index (χ4n) is 2.82. The number of carboxylic acid groups (broad SMARTS) is 1. The number of furan rings is 1. The molecule has 2 aromatic rings. The zero-order valence-corrected chi connectivity index (χ0v) is 11.4. The number of hydrogen-bond donors (Lipinski definition) is 1. The van der Waals surface area contributed by atoms with E-state index >= 15 is 0 Å². The molecule has 0 unspecified atom stereocenters. The quantitative estimate of drug-likeness (QED) is 0.931. The molecule has 0 atom stereocenters. The number of aryl methyl sites for hydroxylation is 2. The number of aromatic carboxylic acids is 1. The summed E-state index contributed by atoms with van der Waals surface area (Å²) in [5, 5.41) is 9.10. The van der Waals surface area contributed by atoms with E-state index in [1.54, 1.807) is 6.07 Å². The average Bonchev–Trinajstić information content (AvgIpc) is 2.87. The minimum Gasteiger partial charge on any atom is -0.475 e. The standard InChI is InChI=1S/C16H17NO3/c1-11-4-5-14-12(9-11)3-2-7-17(14)10-13-6-8-20-15(13)16(18)19/h4-6,8-9H,2-3,7,10H2,1H3,(H,18,19). The lowest BCUT2D eigenvalue weighted by atomic mass is 9.99. The molecular formula is C16H17NO3. The van der Waals surface area contributed by atoms with Crippen molar-refractivity contribution in [3.05, 3.63) is 53.0 Å². The largest absolute Gasteiger partial charge is 0.475 e. The first kappa shape index (κ1) is 12.8. The highest BCUT2D eigenvalue weighted by Crippen LogP contribution is 2.29. The van der Waals surface area contributed by atoms with Gasteiger partial charge in [0.15, 0.2) is 0 Å². The van der Waals surface area contributed by atoms with Gasteiger partial charge in [0.05, 0.1) is 6.26 Å². The molecule has 1 aromatic heterocycles. The normalized spacial score (nSPS) is 14.2. The van der Waals surface area contributed by atoms with Crippen molar-refractivity contribution in [3.63, 3.8) is 0 Å². The molecule has 1 aromatic carbocycles. The van der Waals surface area contributed by atoms with E-state index < -0.39 is 5.97 Å². The topological polar surface area (TPSA) is 53.7 Å². The van der Waals surface area contributed by atoms with Gasteiger partial charge in [0.25, 0.3) is 0 Å². The van der Waals surface area contributed by atoms with Crippen molar-refractivity contribution >= 4 is 11.7 Å². The highest BCUT2D eigenvalue weighted by atomic mass is 16.4. The van der Waals surface area contributed by atoms with E-state index in [1.807, 2.05) is 0 Å². The summed E-state index contributed by atoms with van der Waals surface area (Å²) in [6.07, 6.45) is 3.63. The number of benzene rings is 1. The summed E-state index contributed by atoms with van der Waals surface area (Å²) in [5.41, 5.74) is 4.54. The number of carboxylic acids is 1. The van der Waals surface area contributed by atoms with Crippen LogP contribution >= 0.6 is 0 Å². The van der Waals surface area contributed by atoms with E-state index in [0.717, 1.165) is 24.9 Å². The molecule has 1 aliphatic rings. The van der Waals surface area contributed by atoms with E-state index in [9.17, 15) is 4.79 Å². The van der Waals surface area contributed by atoms with Gasteiger partial charge in [-0.15, -0.1) is 0 Å². The SMILES string of the molecule is Cc1ccc2c(c1)CCCN2Cc1ccoc1C(=O)O. The minimum atomic E-state index is -1.01. The summed E-state index contributed by atoms with van der Waals surface area (Å²) >= 11 is 0. The summed E-state index contributed by atoms with van der Waals surface area (Å²) in [6.45, 7) is 3.62. The number of fused-ring (bicyclic) bond motifs is 1. The van der Waals surface area contributed by atoms with Gasteiger partial charge in [-0.3, -0.25) is 0 Å². The van der Waals surface area contributed by atoms with Gasteiger partial charge in [-0.25, -0.2) is 4.79 Å². The van der Waals surface area contributed by atoms with Crippen molar-refractivity contribution in [1.29, 1.82) is 0 Å². The van der Waals surface area contributed by atoms with Gasteiger partial charge >= 0.3 is 5.97 Å². The maximum absolute atomic E-state index is 11.1. The maximum atomic E-state index is 11.1. The Bertz CT molecular complexity index is 645. The monoisotopic (exact) mass is 271 g/mol. The second-order valence-electron chi connectivity index (χ2n) is 5.24. The molecule has 4 nitrogen and oxygen atoms in total. The highest BCUT2D eigenvalue weighted by molar-refractivity contribution is 5.86. The van der Waals surface area contributed by atoms with Crippen LogP contribution in [-0.2, 0) is 13.0 Å². The third kappa shape index (κ3) is 2.29. The van der Waals surface area contributed by atoms with Crippen LogP contribution in [0.4, 0.5) is 5.69 Å². The maximum Gasteiger partial charge on any atom is 0.372 e. The van der Waals surface area contributed by atoms with Gasteiger partial charge in [0, 0.05) is 24.3 Å². The molecule has 1 N–H and O–H groups in total. The van der Waals surface area contributed by atoms with E-state index in [0.29, 0.717) is 6.54 Å². The predicted octanol–water partition coefficient (Wildman–Crippen LogP) is 3.24. The van der Waals surface area contributed by atoms with E-state index in [4.69, 9.17) is 9.52 Å². The number of anilines is 1. The molecule has 0 saturated heterocycles. The molecule has 104 valence electrons. The molecule has 0 aliphatic carbocycles. The molecular weight excluding hydrogens is 254 g/mol. The Hall–Kier alpha value is -2.23. The summed E-state index contributed by atoms with van der Waals surface area (Å²) < 4.78 is 5.05. The molecule has 3 rings (SSSR count). The first-order valence-electron chi connectivity index (χ1n) is 6.79. The fourth-order valence-corrected chi connectivity index (χ4v) is 2.82. The van der Waals surface area contributed by atoms with Gasteiger partial charge in [-0.05, 0) is 37.5 Å². The molecule has 2 heterocycles. The summed E-state index contributed by atoms with van der Waals surface area (Å²) in [4.78, 5) is 13.3. The first-order valence-corrected chi connectivity index (χ1v) is 6.79. The van der Waals surface area contributed by atoms with E-state index in [-0.39, 0.29) is 5.76 Å². The Morgan fingerprint density at radius 3 is 3.05 bits per heavy atom. The Kier molecular flexibility index (Phi) is 3.22. The van der Waals surface area contributed by atoms with Crippen LogP contribution in [0.25, 0.3) is 0 Å². The van der Waals surface area contributed by atoms with Crippen molar-refractivity contribution < 1.29 is 14.3 Å². The van der Waals surface area contributed by atoms with Crippen LogP contribution in [0.2, 0.25) is 0 Å². The minimum absolute atomic E-state index is 0.0456. The lowest BCUT2D eigenvalue weighted by Gasteiger charge is -2.31. The molecule has 20 heavy (non-hydrogen) atoms. The number of rotatable bonds is 3. The first-order chi connectivity index (χ1) is 9.65. The molecule has 0 fully saturated rings. The predicted molar refractivity (Wildman–Crippen MR) is 76.2 cm³/mol. The highest BCUT2D eigenvalue weighted by Gasteiger charge is 2.21. The molecule has 4 heteroatoms. The number of carbonyl (C=O) groups is 1. The van der Waals surface area contributed by atoms with Crippen molar-refractivity contribution in [2.24, 2.45) is 0 Å². The van der Waals surface area contributed by atoms with Crippen molar-refractivity contribution in [2.45, 2.75) is 26.3 Å². The van der Waals surface area contributed by atoms with Crippen LogP contribution in [0.5, 0.6) is 0 Å². The second kappa shape index (κ2) is 5.04. The third-order valence-corrected chi connectivity index (χ3v) is 3.75. The van der Waals surface area contributed by atoms with Gasteiger partial charge < -0.3 is 14.4 Å². The van der Waals surface area contributed by atoms with Crippen molar-refractivity contribution in [1.82, 2.24) is 0 Å². The lowest BCUT2D eigenvalue weighted by Crippen LogP contribution is -2.29. The van der Waals surface area contributed by atoms with E-state index in [1.165, 1.54) is 23.1 Å². The Morgan fingerprint density at radius 1 is 1.40 bits per heavy atom. The second-order valence-corrected chi connectivity index (χ2v) is 5.24. The number of nitrogens with zero attached hydrogens (tertiary/aromatic N) is 1.